The molecule has 3 aliphatic carbocycles. The third-order valence-electron chi connectivity index (χ3n) is 6.59. The van der Waals surface area contributed by atoms with Crippen LogP contribution in [0.1, 0.15) is 71.6 Å². The van der Waals surface area contributed by atoms with E-state index in [1.807, 2.05) is 0 Å². The van der Waals surface area contributed by atoms with Crippen molar-refractivity contribution in [2.45, 2.75) is 88.2 Å². The van der Waals surface area contributed by atoms with E-state index in [4.69, 9.17) is 32.7 Å². The molecule has 3 saturated carbocycles. The monoisotopic (exact) mass is 348 g/mol. The maximum atomic E-state index is 7.01. The molecule has 3 fully saturated rings. The van der Waals surface area contributed by atoms with Crippen LogP contribution in [-0.2, 0) is 9.47 Å². The maximum absolute atomic E-state index is 7.01. The van der Waals surface area contributed by atoms with Crippen LogP contribution in [0.3, 0.4) is 0 Å². The van der Waals surface area contributed by atoms with Crippen molar-refractivity contribution in [2.24, 2.45) is 10.8 Å². The minimum Gasteiger partial charge on any atom is -0.379 e. The predicted molar refractivity (Wildman–Crippen MR) is 91.7 cm³/mol. The zero-order valence-corrected chi connectivity index (χ0v) is 15.5. The molecule has 128 valence electrons. The Balaban J connectivity index is 1.61. The largest absolute Gasteiger partial charge is 0.379 e. The molecule has 0 aromatic heterocycles. The second-order valence-electron chi connectivity index (χ2n) is 7.62. The smallest absolute Gasteiger partial charge is 0.129 e. The van der Waals surface area contributed by atoms with Crippen LogP contribution < -0.4 is 0 Å². The summed E-state index contributed by atoms with van der Waals surface area (Å²) in [6.45, 7) is 5.78. The van der Waals surface area contributed by atoms with Gasteiger partial charge >= 0.3 is 0 Å². The molecule has 22 heavy (non-hydrogen) atoms. The van der Waals surface area contributed by atoms with Gasteiger partial charge in [0.05, 0.1) is 12.2 Å². The molecule has 0 aromatic rings. The van der Waals surface area contributed by atoms with Gasteiger partial charge in [-0.3, -0.25) is 0 Å². The Labute approximate surface area is 145 Å². The Bertz CT molecular complexity index is 347. The number of rotatable bonds is 4. The SMILES string of the molecule is CCOC1CC[C@]2(CC1)C[C@@]1(CCC(OCC)CC1)C2(Cl)Cl. The summed E-state index contributed by atoms with van der Waals surface area (Å²) in [5, 5.41) is 0. The molecule has 0 radical (unpaired) electrons. The third kappa shape index (κ3) is 2.62. The summed E-state index contributed by atoms with van der Waals surface area (Å²) in [5.41, 5.74) is 0.282. The molecular weight excluding hydrogens is 319 g/mol. The minimum absolute atomic E-state index is 0.141. The second-order valence-corrected chi connectivity index (χ2v) is 8.95. The highest BCUT2D eigenvalue weighted by atomic mass is 35.5. The molecule has 0 amide bonds. The van der Waals surface area contributed by atoms with Crippen LogP contribution in [0.4, 0.5) is 0 Å². The molecule has 0 N–H and O–H groups in total. The maximum Gasteiger partial charge on any atom is 0.129 e. The van der Waals surface area contributed by atoms with Gasteiger partial charge < -0.3 is 9.47 Å². The Morgan fingerprint density at radius 3 is 1.41 bits per heavy atom. The van der Waals surface area contributed by atoms with Crippen molar-refractivity contribution in [3.05, 3.63) is 0 Å². The molecule has 0 unspecified atom stereocenters. The molecule has 3 rings (SSSR count). The van der Waals surface area contributed by atoms with Crippen LogP contribution in [0.5, 0.6) is 0 Å². The van der Waals surface area contributed by atoms with E-state index in [9.17, 15) is 0 Å². The van der Waals surface area contributed by atoms with E-state index in [-0.39, 0.29) is 10.8 Å². The first-order valence-corrected chi connectivity index (χ1v) is 9.85. The summed E-state index contributed by atoms with van der Waals surface area (Å²) in [4.78, 5) is 0. The lowest BCUT2D eigenvalue weighted by Gasteiger charge is -2.69. The van der Waals surface area contributed by atoms with Gasteiger partial charge in [-0.25, -0.2) is 0 Å². The van der Waals surface area contributed by atoms with E-state index >= 15 is 0 Å². The Morgan fingerprint density at radius 1 is 0.773 bits per heavy atom. The molecule has 0 aliphatic heterocycles. The van der Waals surface area contributed by atoms with E-state index in [1.165, 1.54) is 6.42 Å². The standard InChI is InChI=1S/C18H30Cl2O2/c1-3-21-14-5-9-16(10-6-14)13-17(18(16,19)20)11-7-15(8-12-17)22-4-2/h14-15H,3-13H2,1-2H3/t14?,15?,16-,17-. The number of halogens is 2. The molecule has 0 saturated heterocycles. The molecule has 4 heteroatoms. The second kappa shape index (κ2) is 6.43. The van der Waals surface area contributed by atoms with E-state index in [0.717, 1.165) is 64.6 Å². The summed E-state index contributed by atoms with van der Waals surface area (Å²) >= 11 is 14.0. The first-order chi connectivity index (χ1) is 10.5. The average Bonchev–Trinajstić information content (AvgIpc) is 2.51. The number of hydrogen-bond acceptors (Lipinski definition) is 2. The van der Waals surface area contributed by atoms with Crippen molar-refractivity contribution < 1.29 is 9.47 Å². The normalized spacial score (nSPS) is 44.2. The van der Waals surface area contributed by atoms with Crippen molar-refractivity contribution in [3.63, 3.8) is 0 Å². The van der Waals surface area contributed by atoms with Gasteiger partial charge in [0.15, 0.2) is 0 Å². The molecule has 3 aliphatic rings. The first kappa shape index (κ1) is 17.3. The molecule has 0 heterocycles. The first-order valence-electron chi connectivity index (χ1n) is 9.10. The van der Waals surface area contributed by atoms with Crippen LogP contribution in [0.25, 0.3) is 0 Å². The van der Waals surface area contributed by atoms with E-state index in [1.54, 1.807) is 0 Å². The average molecular weight is 349 g/mol. The van der Waals surface area contributed by atoms with Gasteiger partial charge in [-0.15, -0.1) is 23.2 Å². The third-order valence-corrected chi connectivity index (χ3v) is 8.20. The van der Waals surface area contributed by atoms with Crippen LogP contribution in [0, 0.1) is 10.8 Å². The zero-order valence-electron chi connectivity index (χ0n) is 14.0. The fourth-order valence-electron chi connectivity index (χ4n) is 5.40. The summed E-state index contributed by atoms with van der Waals surface area (Å²) < 4.78 is 11.0. The highest BCUT2D eigenvalue weighted by Crippen LogP contribution is 2.76. The van der Waals surface area contributed by atoms with Gasteiger partial charge in [0.1, 0.15) is 4.33 Å². The summed E-state index contributed by atoms with van der Waals surface area (Å²) in [6, 6.07) is 0. The van der Waals surface area contributed by atoms with Crippen LogP contribution in [0.15, 0.2) is 0 Å². The molecular formula is C18H30Cl2O2. The van der Waals surface area contributed by atoms with E-state index < -0.39 is 4.33 Å². The van der Waals surface area contributed by atoms with E-state index in [0.29, 0.717) is 12.2 Å². The Kier molecular flexibility index (Phi) is 5.06. The van der Waals surface area contributed by atoms with Gasteiger partial charge in [0, 0.05) is 24.0 Å². The van der Waals surface area contributed by atoms with Gasteiger partial charge in [0.25, 0.3) is 0 Å². The Morgan fingerprint density at radius 2 is 1.14 bits per heavy atom. The predicted octanol–water partition coefficient (Wildman–Crippen LogP) is 5.50. The summed E-state index contributed by atoms with van der Waals surface area (Å²) in [5.74, 6) is 0. The van der Waals surface area contributed by atoms with Crippen molar-refractivity contribution in [1.82, 2.24) is 0 Å². The van der Waals surface area contributed by atoms with Gasteiger partial charge in [-0.05, 0) is 71.6 Å². The number of alkyl halides is 2. The Hall–Kier alpha value is 0.500. The van der Waals surface area contributed by atoms with Crippen molar-refractivity contribution in [2.75, 3.05) is 13.2 Å². The fourth-order valence-corrected chi connectivity index (χ4v) is 6.42. The summed E-state index contributed by atoms with van der Waals surface area (Å²) in [7, 11) is 0. The summed E-state index contributed by atoms with van der Waals surface area (Å²) in [6.07, 6.45) is 11.0. The highest BCUT2D eigenvalue weighted by Gasteiger charge is 2.72. The molecule has 2 nitrogen and oxygen atoms in total. The van der Waals surface area contributed by atoms with E-state index in [2.05, 4.69) is 13.8 Å². The quantitative estimate of drug-likeness (QED) is 0.625. The van der Waals surface area contributed by atoms with Crippen LogP contribution >= 0.6 is 23.2 Å². The molecule has 0 bridgehead atoms. The van der Waals surface area contributed by atoms with Crippen molar-refractivity contribution in [1.29, 1.82) is 0 Å². The zero-order chi connectivity index (χ0) is 15.8. The van der Waals surface area contributed by atoms with Crippen molar-refractivity contribution >= 4 is 23.2 Å². The van der Waals surface area contributed by atoms with Crippen LogP contribution in [-0.4, -0.2) is 29.8 Å². The molecule has 0 aromatic carbocycles. The van der Waals surface area contributed by atoms with Crippen LogP contribution in [0.2, 0.25) is 0 Å². The topological polar surface area (TPSA) is 18.5 Å². The van der Waals surface area contributed by atoms with Crippen molar-refractivity contribution in [3.8, 4) is 0 Å². The molecule has 0 atom stereocenters. The fraction of sp³-hybridized carbons (Fsp3) is 1.00. The minimum atomic E-state index is -0.547. The number of ether oxygens (including phenoxy) is 2. The highest BCUT2D eigenvalue weighted by molar-refractivity contribution is 6.50. The lowest BCUT2D eigenvalue weighted by atomic mass is 9.44. The lowest BCUT2D eigenvalue weighted by molar-refractivity contribution is -0.138. The lowest BCUT2D eigenvalue weighted by Crippen LogP contribution is -2.67. The van der Waals surface area contributed by atoms with Gasteiger partial charge in [-0.2, -0.15) is 0 Å². The molecule has 2 spiro atoms. The van der Waals surface area contributed by atoms with Gasteiger partial charge in [-0.1, -0.05) is 0 Å². The number of hydrogen-bond donors (Lipinski definition) is 0. The van der Waals surface area contributed by atoms with Gasteiger partial charge in [0.2, 0.25) is 0 Å².